The Balaban J connectivity index is 1.90. The number of nitrogens with one attached hydrogen (secondary N) is 2. The average molecular weight is 225 g/mol. The Morgan fingerprint density at radius 1 is 1.31 bits per heavy atom. The SMILES string of the molecule is CN(C(=O)[C@H]1CCC(=O)N1)C1CCNCC1. The standard InChI is InChI=1S/C11H19N3O2/c1-14(8-4-6-12-7-5-8)11(16)9-2-3-10(15)13-9/h8-9,12H,2-7H2,1H3,(H,13,15)/t9-/m1/s1. The molecule has 5 nitrogen and oxygen atoms in total. The van der Waals surface area contributed by atoms with Gasteiger partial charge in [-0.1, -0.05) is 0 Å². The third kappa shape index (κ3) is 2.35. The van der Waals surface area contributed by atoms with Gasteiger partial charge < -0.3 is 15.5 Å². The van der Waals surface area contributed by atoms with Gasteiger partial charge in [-0.05, 0) is 32.4 Å². The van der Waals surface area contributed by atoms with E-state index in [4.69, 9.17) is 0 Å². The summed E-state index contributed by atoms with van der Waals surface area (Å²) in [5, 5.41) is 6.01. The van der Waals surface area contributed by atoms with E-state index < -0.39 is 0 Å². The second-order valence-corrected chi connectivity index (χ2v) is 4.59. The molecule has 2 aliphatic rings. The quantitative estimate of drug-likeness (QED) is 0.664. The summed E-state index contributed by atoms with van der Waals surface area (Å²) in [5.41, 5.74) is 0. The molecule has 0 aromatic rings. The van der Waals surface area contributed by atoms with Gasteiger partial charge >= 0.3 is 0 Å². The number of nitrogens with zero attached hydrogens (tertiary/aromatic N) is 1. The Morgan fingerprint density at radius 2 is 2.00 bits per heavy atom. The molecule has 2 fully saturated rings. The fourth-order valence-electron chi connectivity index (χ4n) is 2.42. The Labute approximate surface area is 95.6 Å². The second kappa shape index (κ2) is 4.82. The zero-order chi connectivity index (χ0) is 11.5. The van der Waals surface area contributed by atoms with E-state index in [1.54, 1.807) is 0 Å². The second-order valence-electron chi connectivity index (χ2n) is 4.59. The summed E-state index contributed by atoms with van der Waals surface area (Å²) < 4.78 is 0. The maximum Gasteiger partial charge on any atom is 0.245 e. The van der Waals surface area contributed by atoms with Crippen molar-refractivity contribution >= 4 is 11.8 Å². The van der Waals surface area contributed by atoms with Crippen molar-refractivity contribution in [3.8, 4) is 0 Å². The van der Waals surface area contributed by atoms with Gasteiger partial charge in [-0.3, -0.25) is 9.59 Å². The largest absolute Gasteiger partial charge is 0.344 e. The molecule has 2 amide bonds. The predicted molar refractivity (Wildman–Crippen MR) is 59.8 cm³/mol. The molecule has 0 aliphatic carbocycles. The molecule has 5 heteroatoms. The van der Waals surface area contributed by atoms with Crippen LogP contribution in [0.1, 0.15) is 25.7 Å². The van der Waals surface area contributed by atoms with Gasteiger partial charge in [0.1, 0.15) is 6.04 Å². The highest BCUT2D eigenvalue weighted by Crippen LogP contribution is 2.15. The number of piperidine rings is 1. The molecule has 2 saturated heterocycles. The van der Waals surface area contributed by atoms with Gasteiger partial charge in [-0.15, -0.1) is 0 Å². The Bertz CT molecular complexity index is 287. The summed E-state index contributed by atoms with van der Waals surface area (Å²) in [4.78, 5) is 25.0. The number of carbonyl (C=O) groups excluding carboxylic acids is 2. The lowest BCUT2D eigenvalue weighted by atomic mass is 10.0. The summed E-state index contributed by atoms with van der Waals surface area (Å²) in [5.74, 6) is 0.0646. The third-order valence-electron chi connectivity index (χ3n) is 3.50. The Hall–Kier alpha value is -1.10. The zero-order valence-electron chi connectivity index (χ0n) is 9.66. The first-order chi connectivity index (χ1) is 7.68. The number of amides is 2. The molecular formula is C11H19N3O2. The van der Waals surface area contributed by atoms with Crippen LogP contribution < -0.4 is 10.6 Å². The molecule has 0 radical (unpaired) electrons. The van der Waals surface area contributed by atoms with Gasteiger partial charge in [-0.2, -0.15) is 0 Å². The first-order valence-corrected chi connectivity index (χ1v) is 5.95. The fourth-order valence-corrected chi connectivity index (χ4v) is 2.42. The van der Waals surface area contributed by atoms with Crippen LogP contribution in [0.25, 0.3) is 0 Å². The third-order valence-corrected chi connectivity index (χ3v) is 3.50. The maximum atomic E-state index is 12.1. The molecule has 2 aliphatic heterocycles. The molecule has 2 rings (SSSR count). The lowest BCUT2D eigenvalue weighted by molar-refractivity contribution is -0.135. The van der Waals surface area contributed by atoms with E-state index in [-0.39, 0.29) is 17.9 Å². The first kappa shape index (κ1) is 11.4. The Morgan fingerprint density at radius 3 is 2.56 bits per heavy atom. The van der Waals surface area contributed by atoms with E-state index >= 15 is 0 Å². The van der Waals surface area contributed by atoms with Crippen molar-refractivity contribution in [1.82, 2.24) is 15.5 Å². The minimum Gasteiger partial charge on any atom is -0.344 e. The van der Waals surface area contributed by atoms with Crippen LogP contribution >= 0.6 is 0 Å². The van der Waals surface area contributed by atoms with Crippen molar-refractivity contribution in [2.75, 3.05) is 20.1 Å². The Kier molecular flexibility index (Phi) is 3.43. The fraction of sp³-hybridized carbons (Fsp3) is 0.818. The zero-order valence-corrected chi connectivity index (χ0v) is 9.66. The summed E-state index contributed by atoms with van der Waals surface area (Å²) in [6.07, 6.45) is 3.13. The maximum absolute atomic E-state index is 12.1. The van der Waals surface area contributed by atoms with E-state index in [0.717, 1.165) is 25.9 Å². The molecule has 0 saturated carbocycles. The van der Waals surface area contributed by atoms with Crippen LogP contribution in [-0.2, 0) is 9.59 Å². The van der Waals surface area contributed by atoms with Crippen LogP contribution in [0.15, 0.2) is 0 Å². The van der Waals surface area contributed by atoms with Crippen molar-refractivity contribution in [2.45, 2.75) is 37.8 Å². The van der Waals surface area contributed by atoms with Crippen LogP contribution in [0.5, 0.6) is 0 Å². The summed E-state index contributed by atoms with van der Waals surface area (Å²) in [6, 6.07) is 0.0404. The van der Waals surface area contributed by atoms with E-state index in [1.807, 2.05) is 11.9 Å². The highest BCUT2D eigenvalue weighted by atomic mass is 16.2. The van der Waals surface area contributed by atoms with Gasteiger partial charge in [0, 0.05) is 19.5 Å². The number of rotatable bonds is 2. The highest BCUT2D eigenvalue weighted by molar-refractivity contribution is 5.90. The molecule has 2 heterocycles. The van der Waals surface area contributed by atoms with Crippen LogP contribution in [0.3, 0.4) is 0 Å². The number of hydrogen-bond donors (Lipinski definition) is 2. The van der Waals surface area contributed by atoms with Crippen molar-refractivity contribution in [3.63, 3.8) is 0 Å². The monoisotopic (exact) mass is 225 g/mol. The van der Waals surface area contributed by atoms with E-state index in [9.17, 15) is 9.59 Å². The summed E-state index contributed by atoms with van der Waals surface area (Å²) in [6.45, 7) is 1.94. The van der Waals surface area contributed by atoms with E-state index in [1.165, 1.54) is 0 Å². The highest BCUT2D eigenvalue weighted by Gasteiger charge is 2.32. The van der Waals surface area contributed by atoms with Crippen LogP contribution in [0, 0.1) is 0 Å². The van der Waals surface area contributed by atoms with Gasteiger partial charge in [0.15, 0.2) is 0 Å². The molecule has 2 N–H and O–H groups in total. The van der Waals surface area contributed by atoms with E-state index in [0.29, 0.717) is 18.9 Å². The number of hydrogen-bond acceptors (Lipinski definition) is 3. The molecule has 0 unspecified atom stereocenters. The van der Waals surface area contributed by atoms with Gasteiger partial charge in [0.25, 0.3) is 0 Å². The van der Waals surface area contributed by atoms with Crippen LogP contribution in [0.4, 0.5) is 0 Å². The normalized spacial score (nSPS) is 26.6. The molecule has 0 aromatic heterocycles. The lowest BCUT2D eigenvalue weighted by Crippen LogP contribution is -2.50. The van der Waals surface area contributed by atoms with Crippen LogP contribution in [-0.4, -0.2) is 48.9 Å². The van der Waals surface area contributed by atoms with Crippen LogP contribution in [0.2, 0.25) is 0 Å². The van der Waals surface area contributed by atoms with Crippen molar-refractivity contribution in [3.05, 3.63) is 0 Å². The molecule has 1 atom stereocenters. The van der Waals surface area contributed by atoms with E-state index in [2.05, 4.69) is 10.6 Å². The summed E-state index contributed by atoms with van der Waals surface area (Å²) >= 11 is 0. The molecular weight excluding hydrogens is 206 g/mol. The lowest BCUT2D eigenvalue weighted by Gasteiger charge is -2.33. The predicted octanol–water partition coefficient (Wildman–Crippen LogP) is -0.525. The molecule has 0 spiro atoms. The van der Waals surface area contributed by atoms with Crippen molar-refractivity contribution < 1.29 is 9.59 Å². The first-order valence-electron chi connectivity index (χ1n) is 5.95. The van der Waals surface area contributed by atoms with Gasteiger partial charge in [0.2, 0.25) is 11.8 Å². The topological polar surface area (TPSA) is 61.4 Å². The summed E-state index contributed by atoms with van der Waals surface area (Å²) in [7, 11) is 1.85. The molecule has 16 heavy (non-hydrogen) atoms. The molecule has 0 bridgehead atoms. The van der Waals surface area contributed by atoms with Crippen molar-refractivity contribution in [1.29, 1.82) is 0 Å². The van der Waals surface area contributed by atoms with Gasteiger partial charge in [0.05, 0.1) is 0 Å². The molecule has 0 aromatic carbocycles. The van der Waals surface area contributed by atoms with Crippen molar-refractivity contribution in [2.24, 2.45) is 0 Å². The minimum atomic E-state index is -0.285. The number of likely N-dealkylation sites (N-methyl/N-ethyl adjacent to an activating group) is 1. The van der Waals surface area contributed by atoms with Gasteiger partial charge in [-0.25, -0.2) is 0 Å². The smallest absolute Gasteiger partial charge is 0.245 e. The average Bonchev–Trinajstić information content (AvgIpc) is 2.75. The number of carbonyl (C=O) groups is 2. The minimum absolute atomic E-state index is 0.00272. The molecule has 90 valence electrons.